The van der Waals surface area contributed by atoms with Crippen molar-refractivity contribution in [2.75, 3.05) is 7.11 Å². The van der Waals surface area contributed by atoms with Crippen LogP contribution in [0.5, 0.6) is 0 Å². The Hall–Kier alpha value is -1.17. The third kappa shape index (κ3) is 2.20. The van der Waals surface area contributed by atoms with Gasteiger partial charge in [0.25, 0.3) is 0 Å². The van der Waals surface area contributed by atoms with E-state index in [2.05, 4.69) is 15.3 Å². The molecule has 0 saturated carbocycles. The summed E-state index contributed by atoms with van der Waals surface area (Å²) in [5.41, 5.74) is 8.99. The van der Waals surface area contributed by atoms with Crippen LogP contribution in [0.1, 0.15) is 13.8 Å². The Balaban J connectivity index is 2.97. The maximum Gasteiger partial charge on any atom is 0.346 e. The van der Waals surface area contributed by atoms with Crippen molar-refractivity contribution in [1.29, 1.82) is 0 Å². The highest BCUT2D eigenvalue weighted by molar-refractivity contribution is 8.17. The van der Waals surface area contributed by atoms with E-state index in [1.54, 1.807) is 0 Å². The highest BCUT2D eigenvalue weighted by Gasteiger charge is 2.23. The van der Waals surface area contributed by atoms with Gasteiger partial charge in [-0.3, -0.25) is 5.43 Å². The number of thioether (sulfide) groups is 1. The van der Waals surface area contributed by atoms with Gasteiger partial charge in [-0.25, -0.2) is 4.79 Å². The molecule has 0 aromatic rings. The molecule has 6 heteroatoms. The molecule has 14 heavy (non-hydrogen) atoms. The number of rotatable bonds is 2. The number of nitrogens with two attached hydrogens (primary N) is 1. The molecule has 78 valence electrons. The predicted octanol–water partition coefficient (Wildman–Crippen LogP) is 0.593. The van der Waals surface area contributed by atoms with E-state index in [0.717, 1.165) is 17.5 Å². The van der Waals surface area contributed by atoms with Gasteiger partial charge >= 0.3 is 5.97 Å². The molecule has 3 N–H and O–H groups in total. The molecule has 0 aromatic heterocycles. The third-order valence-electron chi connectivity index (χ3n) is 1.69. The Labute approximate surface area is 86.8 Å². The Morgan fingerprint density at radius 3 is 2.79 bits per heavy atom. The number of esters is 1. The molecular formula is C8H13N3O2S. The van der Waals surface area contributed by atoms with Crippen molar-refractivity contribution in [3.63, 3.8) is 0 Å². The highest BCUT2D eigenvalue weighted by Crippen LogP contribution is 2.27. The summed E-state index contributed by atoms with van der Waals surface area (Å²) >= 11 is 1.13. The van der Waals surface area contributed by atoms with Gasteiger partial charge in [-0.15, -0.1) is 0 Å². The molecule has 0 amide bonds. The molecule has 0 aliphatic carbocycles. The number of methoxy groups -OCH3 is 1. The largest absolute Gasteiger partial charge is 0.465 e. The van der Waals surface area contributed by atoms with Gasteiger partial charge in [0.15, 0.2) is 5.17 Å². The zero-order chi connectivity index (χ0) is 10.7. The molecular weight excluding hydrogens is 202 g/mol. The molecule has 1 rings (SSSR count). The summed E-state index contributed by atoms with van der Waals surface area (Å²) in [6.45, 7) is 3.92. The van der Waals surface area contributed by atoms with E-state index in [1.807, 2.05) is 13.8 Å². The molecule has 0 radical (unpaired) electrons. The van der Waals surface area contributed by atoms with Crippen LogP contribution in [0.15, 0.2) is 15.7 Å². The van der Waals surface area contributed by atoms with Gasteiger partial charge in [0.1, 0.15) is 4.91 Å². The molecule has 0 atom stereocenters. The minimum atomic E-state index is -0.385. The lowest BCUT2D eigenvalue weighted by molar-refractivity contribution is -0.135. The molecule has 1 heterocycles. The number of carbonyl (C=O) groups is 1. The van der Waals surface area contributed by atoms with E-state index in [9.17, 15) is 4.79 Å². The average molecular weight is 215 g/mol. The van der Waals surface area contributed by atoms with E-state index >= 15 is 0 Å². The summed E-state index contributed by atoms with van der Waals surface area (Å²) in [5.74, 6) is -0.211. The zero-order valence-electron chi connectivity index (χ0n) is 8.33. The summed E-state index contributed by atoms with van der Waals surface area (Å²) in [6, 6.07) is 0. The number of carbonyl (C=O) groups excluding carboxylic acids is 1. The Kier molecular flexibility index (Phi) is 3.40. The van der Waals surface area contributed by atoms with Crippen LogP contribution < -0.4 is 11.2 Å². The quantitative estimate of drug-likeness (QED) is 0.659. The number of hydrogen-bond donors (Lipinski definition) is 2. The van der Waals surface area contributed by atoms with E-state index in [-0.39, 0.29) is 11.9 Å². The fourth-order valence-corrected chi connectivity index (χ4v) is 1.84. The average Bonchev–Trinajstić information content (AvgIpc) is 2.16. The monoisotopic (exact) mass is 215 g/mol. The SMILES string of the molecule is COC(=O)C1=C(C(C)C)NN=C(N)S1. The Morgan fingerprint density at radius 2 is 2.29 bits per heavy atom. The third-order valence-corrected chi connectivity index (χ3v) is 2.58. The van der Waals surface area contributed by atoms with Crippen LogP contribution in [0.2, 0.25) is 0 Å². The number of hydrogen-bond acceptors (Lipinski definition) is 6. The van der Waals surface area contributed by atoms with Gasteiger partial charge in [0.05, 0.1) is 12.8 Å². The number of allylic oxidation sites excluding steroid dienone is 1. The van der Waals surface area contributed by atoms with Crippen LogP contribution in [-0.4, -0.2) is 18.2 Å². The van der Waals surface area contributed by atoms with Crippen LogP contribution >= 0.6 is 11.8 Å². The van der Waals surface area contributed by atoms with Crippen LogP contribution in [0.25, 0.3) is 0 Å². The maximum absolute atomic E-state index is 11.4. The van der Waals surface area contributed by atoms with Crippen molar-refractivity contribution >= 4 is 22.9 Å². The second-order valence-electron chi connectivity index (χ2n) is 3.05. The maximum atomic E-state index is 11.4. The molecule has 0 unspecified atom stereocenters. The summed E-state index contributed by atoms with van der Waals surface area (Å²) in [5, 5.41) is 4.16. The first-order chi connectivity index (χ1) is 6.56. The summed E-state index contributed by atoms with van der Waals surface area (Å²) in [6.07, 6.45) is 0. The second-order valence-corrected chi connectivity index (χ2v) is 4.08. The Bertz CT molecular complexity index is 310. The lowest BCUT2D eigenvalue weighted by atomic mass is 10.1. The van der Waals surface area contributed by atoms with Crippen LogP contribution in [-0.2, 0) is 9.53 Å². The first-order valence-corrected chi connectivity index (χ1v) is 4.97. The van der Waals surface area contributed by atoms with Crippen molar-refractivity contribution in [1.82, 2.24) is 5.43 Å². The summed E-state index contributed by atoms with van der Waals surface area (Å²) in [7, 11) is 1.34. The van der Waals surface area contributed by atoms with Crippen molar-refractivity contribution in [3.8, 4) is 0 Å². The van der Waals surface area contributed by atoms with E-state index < -0.39 is 0 Å². The van der Waals surface area contributed by atoms with Gasteiger partial charge in [-0.05, 0) is 17.7 Å². The van der Waals surface area contributed by atoms with Crippen molar-refractivity contribution < 1.29 is 9.53 Å². The lowest BCUT2D eigenvalue weighted by Gasteiger charge is -2.19. The normalized spacial score (nSPS) is 16.4. The minimum absolute atomic E-state index is 0.174. The van der Waals surface area contributed by atoms with E-state index in [1.165, 1.54) is 7.11 Å². The van der Waals surface area contributed by atoms with Crippen LogP contribution in [0, 0.1) is 5.92 Å². The molecule has 0 bridgehead atoms. The smallest absolute Gasteiger partial charge is 0.346 e. The number of nitrogens with one attached hydrogen (secondary N) is 1. The van der Waals surface area contributed by atoms with E-state index in [0.29, 0.717) is 10.1 Å². The van der Waals surface area contributed by atoms with Gasteiger partial charge in [-0.1, -0.05) is 13.8 Å². The predicted molar refractivity (Wildman–Crippen MR) is 56.2 cm³/mol. The summed E-state index contributed by atoms with van der Waals surface area (Å²) in [4.78, 5) is 11.9. The Morgan fingerprint density at radius 1 is 1.64 bits per heavy atom. The van der Waals surface area contributed by atoms with Gasteiger partial charge in [-0.2, -0.15) is 5.10 Å². The van der Waals surface area contributed by atoms with Gasteiger partial charge in [0, 0.05) is 0 Å². The van der Waals surface area contributed by atoms with E-state index in [4.69, 9.17) is 5.73 Å². The number of amidine groups is 1. The lowest BCUT2D eigenvalue weighted by Crippen LogP contribution is -2.26. The first kappa shape index (κ1) is 10.9. The fraction of sp³-hybridized carbons (Fsp3) is 0.500. The number of hydrazone groups is 1. The van der Waals surface area contributed by atoms with Gasteiger partial charge in [0.2, 0.25) is 0 Å². The fourth-order valence-electron chi connectivity index (χ4n) is 0.984. The molecule has 0 aromatic carbocycles. The molecule has 1 aliphatic heterocycles. The topological polar surface area (TPSA) is 76.7 Å². The highest BCUT2D eigenvalue weighted by atomic mass is 32.2. The minimum Gasteiger partial charge on any atom is -0.465 e. The van der Waals surface area contributed by atoms with Crippen LogP contribution in [0.3, 0.4) is 0 Å². The van der Waals surface area contributed by atoms with Crippen molar-refractivity contribution in [2.24, 2.45) is 16.8 Å². The molecule has 0 fully saturated rings. The summed E-state index contributed by atoms with van der Waals surface area (Å²) < 4.78 is 4.65. The second kappa shape index (κ2) is 4.36. The molecule has 0 saturated heterocycles. The van der Waals surface area contributed by atoms with Crippen molar-refractivity contribution in [2.45, 2.75) is 13.8 Å². The molecule has 0 spiro atoms. The van der Waals surface area contributed by atoms with Crippen molar-refractivity contribution in [3.05, 3.63) is 10.6 Å². The standard InChI is InChI=1S/C8H13N3O2S/c1-4(2)5-6(7(12)13-3)14-8(9)11-10-5/h4,10H,1-3H3,(H2,9,11). The first-order valence-electron chi connectivity index (χ1n) is 4.15. The van der Waals surface area contributed by atoms with Crippen LogP contribution in [0.4, 0.5) is 0 Å². The number of ether oxygens (including phenoxy) is 1. The molecule has 5 nitrogen and oxygen atoms in total. The van der Waals surface area contributed by atoms with Gasteiger partial charge < -0.3 is 10.5 Å². The zero-order valence-corrected chi connectivity index (χ0v) is 9.14. The number of nitrogens with zero attached hydrogens (tertiary/aromatic N) is 1. The molecule has 1 aliphatic rings.